The Kier molecular flexibility index (Phi) is 18.2. The summed E-state index contributed by atoms with van der Waals surface area (Å²) in [7, 11) is -5.74. The molecule has 1 saturated heterocycles. The predicted octanol–water partition coefficient (Wildman–Crippen LogP) is 9.64. The van der Waals surface area contributed by atoms with Gasteiger partial charge in [0.2, 0.25) is 0 Å². The van der Waals surface area contributed by atoms with E-state index in [2.05, 4.69) is 5.32 Å². The Hall–Kier alpha value is -5.84. The van der Waals surface area contributed by atoms with Gasteiger partial charge >= 0.3 is 29.8 Å². The van der Waals surface area contributed by atoms with Gasteiger partial charge < -0.3 is 48.1 Å². The first-order valence-corrected chi connectivity index (χ1v) is 33.3. The molecule has 11 atom stereocenters. The van der Waals surface area contributed by atoms with E-state index in [1.807, 2.05) is 54.6 Å². The van der Waals surface area contributed by atoms with Crippen molar-refractivity contribution in [3.05, 3.63) is 119 Å². The summed E-state index contributed by atoms with van der Waals surface area (Å²) in [6.07, 6.45) is -10.6. The average molecular weight is 1140 g/mol. The summed E-state index contributed by atoms with van der Waals surface area (Å²) >= 11 is 0. The first-order chi connectivity index (χ1) is 37.5. The van der Waals surface area contributed by atoms with E-state index in [1.54, 1.807) is 107 Å². The molecular weight excluding hydrogens is 1060 g/mol. The van der Waals surface area contributed by atoms with Crippen LogP contribution in [-0.2, 0) is 56.5 Å². The molecule has 3 aromatic rings. The van der Waals surface area contributed by atoms with Crippen molar-refractivity contribution >= 4 is 58.2 Å². The summed E-state index contributed by atoms with van der Waals surface area (Å²) in [6.45, 7) is 23.3. The third-order valence-corrected chi connectivity index (χ3v) is 27.6. The summed E-state index contributed by atoms with van der Waals surface area (Å²) < 4.78 is 47.1. The molecule has 2 bridgehead atoms. The number of fused-ring (bicyclic) bond motifs is 5. The molecule has 3 aliphatic carbocycles. The third-order valence-electron chi connectivity index (χ3n) is 18.5. The number of amides is 1. The number of carboxylic acids is 1. The lowest BCUT2D eigenvalue weighted by Crippen LogP contribution is -2.82. The molecule has 0 aromatic heterocycles. The molecule has 0 unspecified atom stereocenters. The molecule has 0 spiro atoms. The molecule has 7 rings (SSSR count). The fourth-order valence-electron chi connectivity index (χ4n) is 12.5. The zero-order chi connectivity index (χ0) is 59.0. The van der Waals surface area contributed by atoms with Gasteiger partial charge in [0, 0.05) is 30.7 Å². The topological polar surface area (TPSA) is 237 Å². The second-order valence-corrected chi connectivity index (χ2v) is 33.8. The monoisotopic (exact) mass is 1140 g/mol. The summed E-state index contributed by atoms with van der Waals surface area (Å²) in [5.41, 5.74) is -6.79. The third kappa shape index (κ3) is 11.5. The molecular formula is C61H81NO16Si2. The number of Topliss-reactive ketones (excluding diaryl/α,β-unsaturated/α-hetero) is 1. The van der Waals surface area contributed by atoms with Crippen molar-refractivity contribution in [3.63, 3.8) is 0 Å². The number of esters is 4. The molecule has 3 N–H and O–H groups in total. The zero-order valence-corrected chi connectivity index (χ0v) is 50.5. The van der Waals surface area contributed by atoms with Crippen molar-refractivity contribution in [1.82, 2.24) is 5.32 Å². The van der Waals surface area contributed by atoms with Gasteiger partial charge in [0.05, 0.1) is 48.5 Å². The van der Waals surface area contributed by atoms with Crippen LogP contribution < -0.4 is 5.32 Å². The highest BCUT2D eigenvalue weighted by Crippen LogP contribution is 2.65. The summed E-state index contributed by atoms with van der Waals surface area (Å²) in [4.78, 5) is 102. The molecule has 3 aromatic carbocycles. The van der Waals surface area contributed by atoms with Crippen LogP contribution in [-0.4, -0.2) is 123 Å². The number of aliphatic carboxylic acids is 1. The zero-order valence-electron chi connectivity index (χ0n) is 48.5. The van der Waals surface area contributed by atoms with Gasteiger partial charge in [0.1, 0.15) is 23.9 Å². The molecule has 19 heteroatoms. The highest BCUT2D eigenvalue weighted by Gasteiger charge is 2.79. The number of hydrogen-bond acceptors (Lipinski definition) is 15. The highest BCUT2D eigenvalue weighted by atomic mass is 28.4. The van der Waals surface area contributed by atoms with Crippen LogP contribution in [0.2, 0.25) is 36.3 Å². The maximum atomic E-state index is 16.8. The molecule has 1 aliphatic heterocycles. The first-order valence-electron chi connectivity index (χ1n) is 27.9. The Morgan fingerprint density at radius 2 is 1.41 bits per heavy atom. The Labute approximate surface area is 472 Å². The molecule has 17 nitrogen and oxygen atoms in total. The van der Waals surface area contributed by atoms with E-state index in [0.29, 0.717) is 29.3 Å². The second kappa shape index (κ2) is 23.6. The largest absolute Gasteiger partial charge is 0.481 e. The van der Waals surface area contributed by atoms with E-state index in [-0.39, 0.29) is 29.7 Å². The molecule has 1 heterocycles. The van der Waals surface area contributed by atoms with Gasteiger partial charge in [-0.05, 0) is 91.1 Å². The van der Waals surface area contributed by atoms with Crippen LogP contribution in [0.1, 0.15) is 134 Å². The Morgan fingerprint density at radius 3 is 1.93 bits per heavy atom. The maximum absolute atomic E-state index is 16.8. The highest BCUT2D eigenvalue weighted by molar-refractivity contribution is 6.74. The van der Waals surface area contributed by atoms with Crippen molar-refractivity contribution in [2.45, 2.75) is 192 Å². The first kappa shape index (κ1) is 61.8. The molecule has 1 amide bonds. The lowest BCUT2D eigenvalue weighted by Gasteiger charge is -2.68. The number of aliphatic hydroxyl groups is 1. The number of carboxylic acid groups (broad SMARTS) is 1. The van der Waals surface area contributed by atoms with E-state index in [4.69, 9.17) is 32.5 Å². The van der Waals surface area contributed by atoms with Crippen LogP contribution in [0.25, 0.3) is 0 Å². The van der Waals surface area contributed by atoms with Crippen LogP contribution in [0.5, 0.6) is 0 Å². The molecule has 3 fully saturated rings. The molecule has 4 aliphatic rings. The normalized spacial score (nSPS) is 28.0. The maximum Gasteiger partial charge on any atom is 0.338 e. The Bertz CT molecular complexity index is 2820. The lowest BCUT2D eigenvalue weighted by atomic mass is 9.44. The Morgan fingerprint density at radius 1 is 0.850 bits per heavy atom. The summed E-state index contributed by atoms with van der Waals surface area (Å²) in [5.74, 6) is -7.73. The number of rotatable bonds is 20. The van der Waals surface area contributed by atoms with Crippen molar-refractivity contribution in [1.29, 1.82) is 0 Å². The van der Waals surface area contributed by atoms with Crippen LogP contribution in [0.15, 0.2) is 102 Å². The minimum absolute atomic E-state index is 0.00858. The van der Waals surface area contributed by atoms with Crippen LogP contribution in [0.3, 0.4) is 0 Å². The van der Waals surface area contributed by atoms with Crippen molar-refractivity contribution < 1.29 is 76.3 Å². The van der Waals surface area contributed by atoms with Gasteiger partial charge in [0.25, 0.3) is 5.91 Å². The van der Waals surface area contributed by atoms with E-state index < -0.39 is 153 Å². The summed E-state index contributed by atoms with van der Waals surface area (Å²) in [6, 6.07) is 26.2. The van der Waals surface area contributed by atoms with Crippen molar-refractivity contribution in [2.75, 3.05) is 6.61 Å². The van der Waals surface area contributed by atoms with Gasteiger partial charge in [-0.25, -0.2) is 9.59 Å². The average Bonchev–Trinajstić information content (AvgIpc) is 3.52. The van der Waals surface area contributed by atoms with Gasteiger partial charge in [-0.2, -0.15) is 0 Å². The van der Waals surface area contributed by atoms with E-state index in [0.717, 1.165) is 0 Å². The van der Waals surface area contributed by atoms with Crippen LogP contribution >= 0.6 is 0 Å². The fraction of sp³-hybridized carbons (Fsp3) is 0.557. The number of carbonyl (C=O) groups excluding carboxylic acids is 6. The minimum Gasteiger partial charge on any atom is -0.481 e. The van der Waals surface area contributed by atoms with E-state index in [9.17, 15) is 34.2 Å². The number of benzene rings is 3. The van der Waals surface area contributed by atoms with E-state index in [1.165, 1.54) is 19.1 Å². The standard InChI is InChI=1S/C61H81NO16Si2/c1-14-80(15-2,16-3)77-43-34-44-60(36-72-44,76-38(5)63)51-53(75-55(69)41-30-24-19-25-31-41)61(71)35-42(37(4)47(58(61,9)10)49(52(67)59(43,51)11)74-46(66)33-32-45(64)65)73-56(70)50(78-79(12,13)57(6,7)8)48(39-26-20-17-21-27-39)62-54(68)40-28-22-18-23-29-40/h17-31,42-44,48-51,53,71H,14-16,32-36H2,1-13H3,(H,62,68)(H,64,65)/t42-,43-,44+,48-,49+,50+,51-,53-,59+,60-,61+/m0/s1/i45+2,46+2. The van der Waals surface area contributed by atoms with Gasteiger partial charge in [-0.15, -0.1) is 0 Å². The predicted molar refractivity (Wildman–Crippen MR) is 301 cm³/mol. The number of ether oxygens (including phenoxy) is 5. The fourth-order valence-corrected chi connectivity index (χ4v) is 16.6. The Balaban J connectivity index is 1.51. The SMILES string of the molecule is CC[Si](CC)(CC)O[C@H]1C[C@H]2OC[C@@]2(OC(C)=O)[C@H]2[C@H](OC(=O)c3ccccc3)[C@]3(O)C[C@H](OC(=O)[C@H](O[Si](C)(C)C(C)(C)C)[C@@H](NC(=O)c4ccccc4)c4ccccc4)C(C)=C([C@@H](O[14C](=O)CC[14C](=O)O)C(=O)[C@]12C)C3(C)C. The molecule has 80 heavy (non-hydrogen) atoms. The summed E-state index contributed by atoms with van der Waals surface area (Å²) in [5, 5.41) is 26.9. The van der Waals surface area contributed by atoms with Gasteiger partial charge in [-0.3, -0.25) is 24.0 Å². The lowest BCUT2D eigenvalue weighted by molar-refractivity contribution is -0.344. The van der Waals surface area contributed by atoms with Crippen LogP contribution in [0, 0.1) is 16.7 Å². The van der Waals surface area contributed by atoms with Crippen molar-refractivity contribution in [2.24, 2.45) is 16.7 Å². The van der Waals surface area contributed by atoms with Crippen molar-refractivity contribution in [3.8, 4) is 0 Å². The van der Waals surface area contributed by atoms with Gasteiger partial charge in [0.15, 0.2) is 40.2 Å². The quantitative estimate of drug-likeness (QED) is 0.0413. The molecule has 434 valence electrons. The number of hydrogen-bond donors (Lipinski definition) is 3. The van der Waals surface area contributed by atoms with Gasteiger partial charge in [-0.1, -0.05) is 122 Å². The van der Waals surface area contributed by atoms with E-state index >= 15 is 9.59 Å². The number of ketones is 1. The minimum atomic E-state index is -3.00. The number of carbonyl (C=O) groups is 7. The second-order valence-electron chi connectivity index (χ2n) is 24.3. The smallest absolute Gasteiger partial charge is 0.338 e. The molecule has 0 radical (unpaired) electrons. The molecule has 2 saturated carbocycles. The number of nitrogens with one attached hydrogen (secondary N) is 1. The van der Waals surface area contributed by atoms with Crippen LogP contribution in [0.4, 0.5) is 0 Å².